The Labute approximate surface area is 126 Å². The number of aromatic hydroxyl groups is 1. The van der Waals surface area contributed by atoms with E-state index in [0.717, 1.165) is 23.3 Å². The van der Waals surface area contributed by atoms with Crippen LogP contribution in [0, 0.1) is 0 Å². The fourth-order valence-corrected chi connectivity index (χ4v) is 2.63. The molecule has 21 heavy (non-hydrogen) atoms. The van der Waals surface area contributed by atoms with Crippen LogP contribution < -0.4 is 10.1 Å². The smallest absolute Gasteiger partial charge is 0.123 e. The van der Waals surface area contributed by atoms with Crippen molar-refractivity contribution in [3.8, 4) is 11.5 Å². The third-order valence-corrected chi connectivity index (χ3v) is 3.78. The van der Waals surface area contributed by atoms with Crippen molar-refractivity contribution in [2.45, 2.75) is 32.4 Å². The van der Waals surface area contributed by atoms with Gasteiger partial charge in [-0.05, 0) is 25.5 Å². The van der Waals surface area contributed by atoms with Gasteiger partial charge in [0.25, 0.3) is 0 Å². The van der Waals surface area contributed by atoms with Gasteiger partial charge in [0.05, 0.1) is 7.11 Å². The number of ether oxygens (including phenoxy) is 1. The van der Waals surface area contributed by atoms with Crippen molar-refractivity contribution >= 4 is 0 Å². The first-order chi connectivity index (χ1) is 10.2. The summed E-state index contributed by atoms with van der Waals surface area (Å²) >= 11 is 0. The lowest BCUT2D eigenvalue weighted by Gasteiger charge is -2.24. The second kappa shape index (κ2) is 7.14. The van der Waals surface area contributed by atoms with Crippen molar-refractivity contribution in [1.29, 1.82) is 0 Å². The Morgan fingerprint density at radius 1 is 1.05 bits per heavy atom. The minimum atomic E-state index is 0.103. The van der Waals surface area contributed by atoms with E-state index in [1.807, 2.05) is 36.4 Å². The van der Waals surface area contributed by atoms with Gasteiger partial charge in [-0.1, -0.05) is 43.3 Å². The summed E-state index contributed by atoms with van der Waals surface area (Å²) in [6.07, 6.45) is 0.900. The molecule has 0 heterocycles. The molecular weight excluding hydrogens is 262 g/mol. The number of methoxy groups -OCH3 is 1. The van der Waals surface area contributed by atoms with E-state index in [1.165, 1.54) is 0 Å². The van der Waals surface area contributed by atoms with Crippen LogP contribution in [0.25, 0.3) is 0 Å². The zero-order chi connectivity index (χ0) is 15.2. The van der Waals surface area contributed by atoms with E-state index in [1.54, 1.807) is 13.2 Å². The summed E-state index contributed by atoms with van der Waals surface area (Å²) in [6.45, 7) is 4.22. The zero-order valence-electron chi connectivity index (χ0n) is 12.8. The lowest BCUT2D eigenvalue weighted by atomic mass is 10.00. The van der Waals surface area contributed by atoms with Crippen molar-refractivity contribution < 1.29 is 9.84 Å². The minimum absolute atomic E-state index is 0.103. The maximum Gasteiger partial charge on any atom is 0.123 e. The third kappa shape index (κ3) is 3.56. The van der Waals surface area contributed by atoms with E-state index in [4.69, 9.17) is 4.74 Å². The molecule has 0 fully saturated rings. The highest BCUT2D eigenvalue weighted by Crippen LogP contribution is 2.31. The number of phenolic OH excluding ortho intramolecular Hbond substituents is 1. The Bertz CT molecular complexity index is 583. The summed E-state index contributed by atoms with van der Waals surface area (Å²) in [5.74, 6) is 1.22. The molecule has 0 amide bonds. The Morgan fingerprint density at radius 2 is 1.67 bits per heavy atom. The number of benzene rings is 2. The van der Waals surface area contributed by atoms with Gasteiger partial charge >= 0.3 is 0 Å². The van der Waals surface area contributed by atoms with Crippen LogP contribution in [0.4, 0.5) is 0 Å². The van der Waals surface area contributed by atoms with E-state index in [-0.39, 0.29) is 12.1 Å². The second-order valence-corrected chi connectivity index (χ2v) is 5.15. The lowest BCUT2D eigenvalue weighted by molar-refractivity contribution is 0.387. The van der Waals surface area contributed by atoms with Crippen molar-refractivity contribution in [3.63, 3.8) is 0 Å². The van der Waals surface area contributed by atoms with Gasteiger partial charge in [-0.2, -0.15) is 0 Å². The first-order valence-electron chi connectivity index (χ1n) is 7.34. The van der Waals surface area contributed by atoms with Crippen LogP contribution in [0.1, 0.15) is 43.5 Å². The predicted molar refractivity (Wildman–Crippen MR) is 85.7 cm³/mol. The van der Waals surface area contributed by atoms with Crippen LogP contribution in [0.15, 0.2) is 48.5 Å². The van der Waals surface area contributed by atoms with Gasteiger partial charge in [-0.15, -0.1) is 0 Å². The number of para-hydroxylation sites is 2. The summed E-state index contributed by atoms with van der Waals surface area (Å²) < 4.78 is 5.42. The highest BCUT2D eigenvalue weighted by molar-refractivity contribution is 5.37. The van der Waals surface area contributed by atoms with Crippen LogP contribution in [0.3, 0.4) is 0 Å². The summed E-state index contributed by atoms with van der Waals surface area (Å²) in [4.78, 5) is 0. The van der Waals surface area contributed by atoms with Crippen molar-refractivity contribution in [3.05, 3.63) is 59.7 Å². The van der Waals surface area contributed by atoms with E-state index in [9.17, 15) is 5.11 Å². The highest BCUT2D eigenvalue weighted by Gasteiger charge is 2.18. The molecule has 0 bridgehead atoms. The molecule has 3 nitrogen and oxygen atoms in total. The van der Waals surface area contributed by atoms with Gasteiger partial charge in [0.2, 0.25) is 0 Å². The molecule has 2 N–H and O–H groups in total. The number of hydrogen-bond acceptors (Lipinski definition) is 3. The molecule has 0 saturated carbocycles. The molecule has 0 radical (unpaired) electrons. The lowest BCUT2D eigenvalue weighted by Crippen LogP contribution is -2.24. The number of rotatable bonds is 6. The fraction of sp³-hybridized carbons (Fsp3) is 0.333. The fourth-order valence-electron chi connectivity index (χ4n) is 2.63. The molecule has 2 unspecified atom stereocenters. The average Bonchev–Trinajstić information content (AvgIpc) is 2.53. The Morgan fingerprint density at radius 3 is 2.29 bits per heavy atom. The summed E-state index contributed by atoms with van der Waals surface area (Å²) in [5, 5.41) is 13.6. The largest absolute Gasteiger partial charge is 0.508 e. The van der Waals surface area contributed by atoms with Crippen LogP contribution in [-0.4, -0.2) is 12.2 Å². The topological polar surface area (TPSA) is 41.5 Å². The molecule has 2 rings (SSSR count). The van der Waals surface area contributed by atoms with E-state index < -0.39 is 0 Å². The normalized spacial score (nSPS) is 13.7. The molecule has 0 spiro atoms. The van der Waals surface area contributed by atoms with Gasteiger partial charge in [0.15, 0.2) is 0 Å². The zero-order valence-corrected chi connectivity index (χ0v) is 12.8. The van der Waals surface area contributed by atoms with Crippen LogP contribution in [0.2, 0.25) is 0 Å². The van der Waals surface area contributed by atoms with E-state index >= 15 is 0 Å². The van der Waals surface area contributed by atoms with Gasteiger partial charge in [-0.3, -0.25) is 0 Å². The first-order valence-corrected chi connectivity index (χ1v) is 7.34. The van der Waals surface area contributed by atoms with Gasteiger partial charge < -0.3 is 15.2 Å². The summed E-state index contributed by atoms with van der Waals surface area (Å²) in [6, 6.07) is 15.7. The maximum absolute atomic E-state index is 10.0. The predicted octanol–water partition coefficient (Wildman–Crippen LogP) is 4.20. The Balaban J connectivity index is 2.20. The summed E-state index contributed by atoms with van der Waals surface area (Å²) in [5.41, 5.74) is 2.05. The monoisotopic (exact) mass is 285 g/mol. The molecule has 0 aromatic heterocycles. The number of hydrogen-bond donors (Lipinski definition) is 2. The van der Waals surface area contributed by atoms with E-state index in [0.29, 0.717) is 5.75 Å². The molecule has 0 aliphatic carbocycles. The average molecular weight is 285 g/mol. The van der Waals surface area contributed by atoms with Crippen LogP contribution >= 0.6 is 0 Å². The molecule has 0 aliphatic heterocycles. The van der Waals surface area contributed by atoms with Crippen molar-refractivity contribution in [1.82, 2.24) is 5.32 Å². The molecule has 2 aromatic rings. The number of nitrogens with one attached hydrogen (secondary N) is 1. The van der Waals surface area contributed by atoms with Gasteiger partial charge in [0, 0.05) is 23.2 Å². The van der Waals surface area contributed by atoms with Gasteiger partial charge in [-0.25, -0.2) is 0 Å². The van der Waals surface area contributed by atoms with Crippen molar-refractivity contribution in [2.24, 2.45) is 0 Å². The quantitative estimate of drug-likeness (QED) is 0.835. The molecule has 3 heteroatoms. The summed E-state index contributed by atoms with van der Waals surface area (Å²) in [7, 11) is 1.69. The van der Waals surface area contributed by atoms with Crippen LogP contribution in [-0.2, 0) is 0 Å². The van der Waals surface area contributed by atoms with E-state index in [2.05, 4.69) is 25.2 Å². The number of phenols is 1. The molecular formula is C18H23NO2. The molecule has 112 valence electrons. The molecule has 0 saturated heterocycles. The third-order valence-electron chi connectivity index (χ3n) is 3.78. The minimum Gasteiger partial charge on any atom is -0.508 e. The molecule has 2 aromatic carbocycles. The highest BCUT2D eigenvalue weighted by atomic mass is 16.5. The second-order valence-electron chi connectivity index (χ2n) is 5.15. The maximum atomic E-state index is 10.0. The SMILES string of the molecule is CCC(NC(C)c1ccccc1OC)c1ccccc1O. The van der Waals surface area contributed by atoms with Crippen molar-refractivity contribution in [2.75, 3.05) is 7.11 Å². The van der Waals surface area contributed by atoms with Gasteiger partial charge in [0.1, 0.15) is 11.5 Å². The molecule has 2 atom stereocenters. The Kier molecular flexibility index (Phi) is 5.23. The standard InChI is InChI=1S/C18H23NO2/c1-4-16(15-10-5-7-11-17(15)20)19-13(2)14-9-6-8-12-18(14)21-3/h5-13,16,19-20H,4H2,1-3H3. The first kappa shape index (κ1) is 15.4. The molecule has 0 aliphatic rings. The Hall–Kier alpha value is -2.00. The van der Waals surface area contributed by atoms with Crippen LogP contribution in [0.5, 0.6) is 11.5 Å².